The predicted molar refractivity (Wildman–Crippen MR) is 57.7 cm³/mol. The second kappa shape index (κ2) is 4.59. The molecule has 0 spiro atoms. The lowest BCUT2D eigenvalue weighted by Crippen LogP contribution is -2.06. The first-order chi connectivity index (χ1) is 7.34. The van der Waals surface area contributed by atoms with E-state index in [-0.39, 0.29) is 0 Å². The Balaban J connectivity index is 1.83. The van der Waals surface area contributed by atoms with Gasteiger partial charge in [0.2, 0.25) is 0 Å². The number of anilines is 1. The molecular weight excluding hydrogens is 190 g/mol. The molecule has 0 aliphatic rings. The summed E-state index contributed by atoms with van der Waals surface area (Å²) >= 11 is 0. The Kier molecular flexibility index (Phi) is 2.97. The van der Waals surface area contributed by atoms with Crippen LogP contribution in [0.15, 0.2) is 35.3 Å². The van der Waals surface area contributed by atoms with Crippen LogP contribution in [0.4, 0.5) is 5.82 Å². The highest BCUT2D eigenvalue weighted by Crippen LogP contribution is 2.05. The van der Waals surface area contributed by atoms with Crippen molar-refractivity contribution in [3.8, 4) is 0 Å². The molecule has 2 heterocycles. The summed E-state index contributed by atoms with van der Waals surface area (Å²) < 4.78 is 4.98. The maximum Gasteiger partial charge on any atom is 0.148 e. The average molecular weight is 203 g/mol. The van der Waals surface area contributed by atoms with E-state index in [1.807, 2.05) is 19.1 Å². The van der Waals surface area contributed by atoms with Gasteiger partial charge in [0, 0.05) is 6.54 Å². The maximum absolute atomic E-state index is 4.98. The van der Waals surface area contributed by atoms with Crippen molar-refractivity contribution in [2.75, 3.05) is 11.9 Å². The number of furan rings is 1. The quantitative estimate of drug-likeness (QED) is 0.826. The molecule has 0 unspecified atom stereocenters. The summed E-state index contributed by atoms with van der Waals surface area (Å²) in [6, 6.07) is 3.94. The van der Waals surface area contributed by atoms with Gasteiger partial charge >= 0.3 is 0 Å². The van der Waals surface area contributed by atoms with Gasteiger partial charge in [0.25, 0.3) is 0 Å². The summed E-state index contributed by atoms with van der Waals surface area (Å²) in [6.07, 6.45) is 6.10. The summed E-state index contributed by atoms with van der Waals surface area (Å²) in [7, 11) is 0. The summed E-state index contributed by atoms with van der Waals surface area (Å²) in [6.45, 7) is 2.83. The Hall–Kier alpha value is -1.84. The van der Waals surface area contributed by atoms with Crippen LogP contribution in [0, 0.1) is 6.92 Å². The number of hydrogen-bond acceptors (Lipinski definition) is 4. The van der Waals surface area contributed by atoms with Gasteiger partial charge in [-0.3, -0.25) is 0 Å². The normalized spacial score (nSPS) is 10.2. The standard InChI is InChI=1S/C11H13N3O/c1-9-6-11(14-13-7-9)12-4-2-10-3-5-15-8-10/h3,5-8H,2,4H2,1H3,(H,12,14). The summed E-state index contributed by atoms with van der Waals surface area (Å²) in [4.78, 5) is 0. The molecule has 15 heavy (non-hydrogen) atoms. The van der Waals surface area contributed by atoms with Gasteiger partial charge in [-0.15, -0.1) is 5.10 Å². The number of nitrogens with one attached hydrogen (secondary N) is 1. The molecule has 4 heteroatoms. The number of aromatic nitrogens is 2. The molecule has 0 aromatic carbocycles. The largest absolute Gasteiger partial charge is 0.472 e. The molecule has 0 amide bonds. The Bertz CT molecular complexity index is 412. The molecule has 2 rings (SSSR count). The highest BCUT2D eigenvalue weighted by atomic mass is 16.3. The average Bonchev–Trinajstić information content (AvgIpc) is 2.71. The first kappa shape index (κ1) is 9.71. The first-order valence-electron chi connectivity index (χ1n) is 4.89. The van der Waals surface area contributed by atoms with E-state index >= 15 is 0 Å². The highest BCUT2D eigenvalue weighted by Gasteiger charge is 1.96. The molecule has 0 saturated carbocycles. The van der Waals surface area contributed by atoms with Gasteiger partial charge in [-0.2, -0.15) is 5.10 Å². The Morgan fingerprint density at radius 1 is 1.47 bits per heavy atom. The minimum absolute atomic E-state index is 0.818. The van der Waals surface area contributed by atoms with Crippen molar-refractivity contribution in [2.24, 2.45) is 0 Å². The number of hydrogen-bond donors (Lipinski definition) is 1. The first-order valence-corrected chi connectivity index (χ1v) is 4.89. The van der Waals surface area contributed by atoms with E-state index in [9.17, 15) is 0 Å². The van der Waals surface area contributed by atoms with Gasteiger partial charge in [-0.25, -0.2) is 0 Å². The zero-order valence-electron chi connectivity index (χ0n) is 8.60. The van der Waals surface area contributed by atoms with E-state index < -0.39 is 0 Å². The maximum atomic E-state index is 4.98. The Morgan fingerprint density at radius 2 is 2.40 bits per heavy atom. The minimum Gasteiger partial charge on any atom is -0.472 e. The summed E-state index contributed by atoms with van der Waals surface area (Å²) in [5, 5.41) is 11.1. The molecule has 2 aromatic rings. The smallest absolute Gasteiger partial charge is 0.148 e. The molecule has 0 aliphatic heterocycles. The van der Waals surface area contributed by atoms with Gasteiger partial charge in [0.1, 0.15) is 5.82 Å². The molecule has 4 nitrogen and oxygen atoms in total. The Labute approximate surface area is 88.3 Å². The van der Waals surface area contributed by atoms with Crippen LogP contribution in [-0.2, 0) is 6.42 Å². The van der Waals surface area contributed by atoms with Crippen LogP contribution < -0.4 is 5.32 Å². The van der Waals surface area contributed by atoms with E-state index in [0.29, 0.717) is 0 Å². The molecule has 0 atom stereocenters. The lowest BCUT2D eigenvalue weighted by atomic mass is 10.2. The van der Waals surface area contributed by atoms with Crippen LogP contribution in [0.1, 0.15) is 11.1 Å². The van der Waals surface area contributed by atoms with Crippen molar-refractivity contribution in [3.63, 3.8) is 0 Å². The van der Waals surface area contributed by atoms with Gasteiger partial charge < -0.3 is 9.73 Å². The van der Waals surface area contributed by atoms with Gasteiger partial charge in [0.15, 0.2) is 0 Å². The van der Waals surface area contributed by atoms with Crippen molar-refractivity contribution in [3.05, 3.63) is 42.0 Å². The summed E-state index contributed by atoms with van der Waals surface area (Å²) in [5.41, 5.74) is 2.29. The van der Waals surface area contributed by atoms with E-state index in [1.54, 1.807) is 18.7 Å². The third kappa shape index (κ3) is 2.80. The summed E-state index contributed by atoms with van der Waals surface area (Å²) in [5.74, 6) is 0.818. The number of aryl methyl sites for hydroxylation is 1. The van der Waals surface area contributed by atoms with Crippen LogP contribution in [0.25, 0.3) is 0 Å². The van der Waals surface area contributed by atoms with Crippen molar-refractivity contribution in [1.29, 1.82) is 0 Å². The molecule has 0 aliphatic carbocycles. The van der Waals surface area contributed by atoms with Crippen molar-refractivity contribution >= 4 is 5.82 Å². The second-order valence-electron chi connectivity index (χ2n) is 3.43. The Morgan fingerprint density at radius 3 is 3.13 bits per heavy atom. The van der Waals surface area contributed by atoms with Crippen molar-refractivity contribution < 1.29 is 4.42 Å². The fourth-order valence-electron chi connectivity index (χ4n) is 1.32. The van der Waals surface area contributed by atoms with Crippen LogP contribution >= 0.6 is 0 Å². The molecule has 78 valence electrons. The van der Waals surface area contributed by atoms with Crippen LogP contribution in [0.3, 0.4) is 0 Å². The molecular formula is C11H13N3O. The third-order valence-corrected chi connectivity index (χ3v) is 2.09. The fourth-order valence-corrected chi connectivity index (χ4v) is 1.32. The predicted octanol–water partition coefficient (Wildman–Crippen LogP) is 2.03. The molecule has 0 bridgehead atoms. The fraction of sp³-hybridized carbons (Fsp3) is 0.273. The minimum atomic E-state index is 0.818. The number of rotatable bonds is 4. The molecule has 0 radical (unpaired) electrons. The van der Waals surface area contributed by atoms with Crippen LogP contribution in [-0.4, -0.2) is 16.7 Å². The van der Waals surface area contributed by atoms with Crippen molar-refractivity contribution in [1.82, 2.24) is 10.2 Å². The van der Waals surface area contributed by atoms with E-state index in [1.165, 1.54) is 5.56 Å². The topological polar surface area (TPSA) is 51.0 Å². The van der Waals surface area contributed by atoms with Crippen LogP contribution in [0.5, 0.6) is 0 Å². The SMILES string of the molecule is Cc1cnnc(NCCc2ccoc2)c1. The molecule has 1 N–H and O–H groups in total. The van der Waals surface area contributed by atoms with Gasteiger partial charge in [-0.1, -0.05) is 0 Å². The molecule has 0 saturated heterocycles. The monoisotopic (exact) mass is 203 g/mol. The van der Waals surface area contributed by atoms with Gasteiger partial charge in [-0.05, 0) is 36.6 Å². The van der Waals surface area contributed by atoms with E-state index in [0.717, 1.165) is 24.3 Å². The second-order valence-corrected chi connectivity index (χ2v) is 3.43. The molecule has 2 aromatic heterocycles. The highest BCUT2D eigenvalue weighted by molar-refractivity contribution is 5.35. The number of nitrogens with zero attached hydrogens (tertiary/aromatic N) is 2. The third-order valence-electron chi connectivity index (χ3n) is 2.09. The van der Waals surface area contributed by atoms with E-state index in [4.69, 9.17) is 4.42 Å². The zero-order chi connectivity index (χ0) is 10.5. The van der Waals surface area contributed by atoms with E-state index in [2.05, 4.69) is 15.5 Å². The van der Waals surface area contributed by atoms with Gasteiger partial charge in [0.05, 0.1) is 18.7 Å². The lowest BCUT2D eigenvalue weighted by Gasteiger charge is -2.03. The molecule has 0 fully saturated rings. The van der Waals surface area contributed by atoms with Crippen molar-refractivity contribution in [2.45, 2.75) is 13.3 Å². The zero-order valence-corrected chi connectivity index (χ0v) is 8.60. The van der Waals surface area contributed by atoms with Crippen LogP contribution in [0.2, 0.25) is 0 Å². The lowest BCUT2D eigenvalue weighted by molar-refractivity contribution is 0.564.